The Balaban J connectivity index is 4.18. The molecule has 0 aliphatic carbocycles. The summed E-state index contributed by atoms with van der Waals surface area (Å²) in [5.41, 5.74) is 0. The maximum absolute atomic E-state index is 12.5. The van der Waals surface area contributed by atoms with Crippen LogP contribution in [0.25, 0.3) is 0 Å². The largest absolute Gasteiger partial charge is 0.356 e. The minimum absolute atomic E-state index is 0.0477. The molecule has 0 aromatic heterocycles. The summed E-state index contributed by atoms with van der Waals surface area (Å²) in [6, 6.07) is 0. The molecule has 2 N–H and O–H groups in total. The van der Waals surface area contributed by atoms with Gasteiger partial charge < -0.3 is 20.4 Å². The zero-order valence-electron chi connectivity index (χ0n) is 17.8. The molecule has 0 spiro atoms. The van der Waals surface area contributed by atoms with Gasteiger partial charge in [0.2, 0.25) is 11.8 Å². The number of hydrogen-bond acceptors (Lipinski definition) is 4. The Bertz CT molecular complexity index is 373. The lowest BCUT2D eigenvalue weighted by Crippen LogP contribution is -2.34. The molecule has 0 fully saturated rings. The molecule has 0 heterocycles. The van der Waals surface area contributed by atoms with E-state index < -0.39 is 0 Å². The fraction of sp³-hybridized carbons (Fsp3) is 0.900. The van der Waals surface area contributed by atoms with Gasteiger partial charge in [0.15, 0.2) is 0 Å². The van der Waals surface area contributed by atoms with Gasteiger partial charge in [0, 0.05) is 25.4 Å². The second-order valence-corrected chi connectivity index (χ2v) is 7.69. The first kappa shape index (κ1) is 24.9. The van der Waals surface area contributed by atoms with Gasteiger partial charge in [-0.25, -0.2) is 0 Å². The zero-order chi connectivity index (χ0) is 19.8. The first-order valence-corrected chi connectivity index (χ1v) is 10.2. The van der Waals surface area contributed by atoms with Crippen LogP contribution in [-0.4, -0.2) is 76.0 Å². The van der Waals surface area contributed by atoms with E-state index in [1.165, 1.54) is 0 Å². The summed E-state index contributed by atoms with van der Waals surface area (Å²) in [5.74, 6) is 0.123. The van der Waals surface area contributed by atoms with E-state index in [-0.39, 0.29) is 17.7 Å². The SMILES string of the molecule is CCCCCC(CCC(=O)NCCCN(C)C)C(=O)NCCCN(C)C. The van der Waals surface area contributed by atoms with Crippen molar-refractivity contribution in [3.63, 3.8) is 0 Å². The smallest absolute Gasteiger partial charge is 0.223 e. The van der Waals surface area contributed by atoms with E-state index in [0.717, 1.165) is 51.6 Å². The van der Waals surface area contributed by atoms with E-state index in [9.17, 15) is 9.59 Å². The number of amides is 2. The molecule has 154 valence electrons. The minimum Gasteiger partial charge on any atom is -0.356 e. The van der Waals surface area contributed by atoms with Crippen molar-refractivity contribution in [2.45, 2.75) is 58.3 Å². The van der Waals surface area contributed by atoms with E-state index in [1.807, 2.05) is 28.2 Å². The molecule has 0 aromatic rings. The molecular formula is C20H42N4O2. The monoisotopic (exact) mass is 370 g/mol. The van der Waals surface area contributed by atoms with Gasteiger partial charge in [0.05, 0.1) is 0 Å². The van der Waals surface area contributed by atoms with Gasteiger partial charge in [-0.15, -0.1) is 0 Å². The molecule has 0 aliphatic rings. The highest BCUT2D eigenvalue weighted by Gasteiger charge is 2.19. The van der Waals surface area contributed by atoms with Crippen LogP contribution in [0.5, 0.6) is 0 Å². The summed E-state index contributed by atoms with van der Waals surface area (Å²) in [5, 5.41) is 6.01. The van der Waals surface area contributed by atoms with Crippen molar-refractivity contribution in [3.05, 3.63) is 0 Å². The van der Waals surface area contributed by atoms with E-state index >= 15 is 0 Å². The Morgan fingerprint density at radius 2 is 1.38 bits per heavy atom. The Hall–Kier alpha value is -1.14. The Kier molecular flexibility index (Phi) is 15.4. The standard InChI is InChI=1S/C20H42N4O2/c1-6-7-8-11-18(20(26)22-15-10-17-24(4)5)12-13-19(25)21-14-9-16-23(2)3/h18H,6-17H2,1-5H3,(H,21,25)(H,22,26). The van der Waals surface area contributed by atoms with Crippen LogP contribution in [0, 0.1) is 5.92 Å². The molecule has 6 nitrogen and oxygen atoms in total. The molecule has 0 bridgehead atoms. The first-order valence-electron chi connectivity index (χ1n) is 10.2. The number of carbonyl (C=O) groups is 2. The summed E-state index contributed by atoms with van der Waals surface area (Å²) in [7, 11) is 8.12. The topological polar surface area (TPSA) is 64.7 Å². The molecule has 0 saturated heterocycles. The molecule has 2 amide bonds. The Labute approximate surface area is 161 Å². The summed E-state index contributed by atoms with van der Waals surface area (Å²) in [6.07, 6.45) is 7.19. The van der Waals surface area contributed by atoms with Crippen LogP contribution in [-0.2, 0) is 9.59 Å². The molecule has 1 atom stereocenters. The van der Waals surface area contributed by atoms with Crippen LogP contribution in [0.2, 0.25) is 0 Å². The molecule has 26 heavy (non-hydrogen) atoms. The van der Waals surface area contributed by atoms with Crippen molar-refractivity contribution < 1.29 is 9.59 Å². The second-order valence-electron chi connectivity index (χ2n) is 7.69. The Morgan fingerprint density at radius 1 is 0.808 bits per heavy atom. The highest BCUT2D eigenvalue weighted by atomic mass is 16.2. The van der Waals surface area contributed by atoms with Gasteiger partial charge in [0.25, 0.3) is 0 Å². The van der Waals surface area contributed by atoms with Crippen LogP contribution in [0.1, 0.15) is 58.3 Å². The molecule has 1 unspecified atom stereocenters. The van der Waals surface area contributed by atoms with Crippen molar-refractivity contribution in [2.75, 3.05) is 54.4 Å². The fourth-order valence-corrected chi connectivity index (χ4v) is 2.82. The number of hydrogen-bond donors (Lipinski definition) is 2. The van der Waals surface area contributed by atoms with Gasteiger partial charge in [-0.05, 0) is 67.0 Å². The number of carbonyl (C=O) groups excluding carboxylic acids is 2. The number of nitrogens with zero attached hydrogens (tertiary/aromatic N) is 2. The van der Waals surface area contributed by atoms with Gasteiger partial charge >= 0.3 is 0 Å². The Morgan fingerprint density at radius 3 is 1.92 bits per heavy atom. The predicted octanol–water partition coefficient (Wildman–Crippen LogP) is 2.10. The average molecular weight is 371 g/mol. The lowest BCUT2D eigenvalue weighted by molar-refractivity contribution is -0.126. The van der Waals surface area contributed by atoms with E-state index in [2.05, 4.69) is 27.4 Å². The lowest BCUT2D eigenvalue weighted by atomic mass is 9.95. The third kappa shape index (κ3) is 15.1. The lowest BCUT2D eigenvalue weighted by Gasteiger charge is -2.17. The van der Waals surface area contributed by atoms with Crippen molar-refractivity contribution in [1.82, 2.24) is 20.4 Å². The van der Waals surface area contributed by atoms with E-state index in [0.29, 0.717) is 25.9 Å². The molecule has 0 aromatic carbocycles. The quantitative estimate of drug-likeness (QED) is 0.408. The minimum atomic E-state index is -0.0477. The summed E-state index contributed by atoms with van der Waals surface area (Å²) in [4.78, 5) is 28.7. The number of nitrogens with one attached hydrogen (secondary N) is 2. The predicted molar refractivity (Wildman–Crippen MR) is 109 cm³/mol. The zero-order valence-corrected chi connectivity index (χ0v) is 17.8. The molecular weight excluding hydrogens is 328 g/mol. The maximum Gasteiger partial charge on any atom is 0.223 e. The first-order chi connectivity index (χ1) is 12.4. The number of unbranched alkanes of at least 4 members (excludes halogenated alkanes) is 2. The highest BCUT2D eigenvalue weighted by molar-refractivity contribution is 5.80. The third-order valence-corrected chi connectivity index (χ3v) is 4.43. The van der Waals surface area contributed by atoms with Gasteiger partial charge in [-0.3, -0.25) is 9.59 Å². The van der Waals surface area contributed by atoms with E-state index in [1.54, 1.807) is 0 Å². The van der Waals surface area contributed by atoms with Crippen LogP contribution < -0.4 is 10.6 Å². The average Bonchev–Trinajstić information content (AvgIpc) is 2.58. The van der Waals surface area contributed by atoms with Crippen LogP contribution in [0.3, 0.4) is 0 Å². The fourth-order valence-electron chi connectivity index (χ4n) is 2.82. The maximum atomic E-state index is 12.5. The van der Waals surface area contributed by atoms with Crippen molar-refractivity contribution >= 4 is 11.8 Å². The summed E-state index contributed by atoms with van der Waals surface area (Å²) >= 11 is 0. The van der Waals surface area contributed by atoms with E-state index in [4.69, 9.17) is 0 Å². The van der Waals surface area contributed by atoms with Gasteiger partial charge in [-0.1, -0.05) is 26.2 Å². The van der Waals surface area contributed by atoms with Crippen molar-refractivity contribution in [1.29, 1.82) is 0 Å². The molecule has 0 saturated carbocycles. The molecule has 0 rings (SSSR count). The van der Waals surface area contributed by atoms with Crippen LogP contribution in [0.4, 0.5) is 0 Å². The highest BCUT2D eigenvalue weighted by Crippen LogP contribution is 2.16. The van der Waals surface area contributed by atoms with Crippen LogP contribution >= 0.6 is 0 Å². The molecule has 0 radical (unpaired) electrons. The summed E-state index contributed by atoms with van der Waals surface area (Å²) < 4.78 is 0. The van der Waals surface area contributed by atoms with Crippen molar-refractivity contribution in [2.24, 2.45) is 5.92 Å². The normalized spacial score (nSPS) is 12.4. The second kappa shape index (κ2) is 16.1. The van der Waals surface area contributed by atoms with Gasteiger partial charge in [0.1, 0.15) is 0 Å². The molecule has 0 aliphatic heterocycles. The van der Waals surface area contributed by atoms with Crippen molar-refractivity contribution in [3.8, 4) is 0 Å². The summed E-state index contributed by atoms with van der Waals surface area (Å²) in [6.45, 7) is 5.51. The van der Waals surface area contributed by atoms with Gasteiger partial charge in [-0.2, -0.15) is 0 Å². The number of rotatable bonds is 16. The third-order valence-electron chi connectivity index (χ3n) is 4.43. The van der Waals surface area contributed by atoms with Crippen LogP contribution in [0.15, 0.2) is 0 Å². The molecule has 6 heteroatoms.